The lowest BCUT2D eigenvalue weighted by Gasteiger charge is -2.04. The van der Waals surface area contributed by atoms with Crippen molar-refractivity contribution in [3.8, 4) is 0 Å². The van der Waals surface area contributed by atoms with Gasteiger partial charge in [0.15, 0.2) is 5.65 Å². The molecule has 21 heavy (non-hydrogen) atoms. The largest absolute Gasteiger partial charge is 0.464 e. The van der Waals surface area contributed by atoms with Crippen LogP contribution in [0, 0.1) is 6.92 Å². The summed E-state index contributed by atoms with van der Waals surface area (Å²) < 4.78 is 7.48. The van der Waals surface area contributed by atoms with Gasteiger partial charge in [0.25, 0.3) is 0 Å². The molecule has 3 aromatic rings. The standard InChI is InChI=1S/C16H18N4O/c1-11-2-5-15(21-11)10-20-16-13(9-19-20)6-12(8-18-16)7-17-14-3-4-14/h2,5-6,8-9,14,17H,3-4,7,10H2,1H3. The molecule has 0 atom stereocenters. The molecule has 5 heteroatoms. The van der Waals surface area contributed by atoms with E-state index in [9.17, 15) is 0 Å². The fourth-order valence-corrected chi connectivity index (χ4v) is 2.50. The lowest BCUT2D eigenvalue weighted by atomic mass is 10.2. The van der Waals surface area contributed by atoms with Crippen LogP contribution >= 0.6 is 0 Å². The van der Waals surface area contributed by atoms with E-state index in [2.05, 4.69) is 21.5 Å². The zero-order valence-corrected chi connectivity index (χ0v) is 12.0. The maximum absolute atomic E-state index is 5.60. The van der Waals surface area contributed by atoms with E-state index < -0.39 is 0 Å². The number of aryl methyl sites for hydroxylation is 1. The molecule has 3 heterocycles. The van der Waals surface area contributed by atoms with E-state index in [1.165, 1.54) is 18.4 Å². The molecule has 0 bridgehead atoms. The number of rotatable bonds is 5. The Morgan fingerprint density at radius 2 is 2.24 bits per heavy atom. The predicted molar refractivity (Wildman–Crippen MR) is 79.9 cm³/mol. The quantitative estimate of drug-likeness (QED) is 0.781. The fraction of sp³-hybridized carbons (Fsp3) is 0.375. The van der Waals surface area contributed by atoms with Crippen molar-refractivity contribution in [3.63, 3.8) is 0 Å². The van der Waals surface area contributed by atoms with Crippen LogP contribution in [0.15, 0.2) is 35.0 Å². The third-order valence-electron chi connectivity index (χ3n) is 3.81. The van der Waals surface area contributed by atoms with Crippen LogP contribution in [0.25, 0.3) is 11.0 Å². The summed E-state index contributed by atoms with van der Waals surface area (Å²) >= 11 is 0. The van der Waals surface area contributed by atoms with Crippen molar-refractivity contribution < 1.29 is 4.42 Å². The van der Waals surface area contributed by atoms with Crippen LogP contribution in [0.4, 0.5) is 0 Å². The summed E-state index contributed by atoms with van der Waals surface area (Å²) in [6, 6.07) is 6.83. The Morgan fingerprint density at radius 1 is 1.33 bits per heavy atom. The molecule has 1 saturated carbocycles. The van der Waals surface area contributed by atoms with E-state index in [0.717, 1.165) is 29.1 Å². The van der Waals surface area contributed by atoms with Gasteiger partial charge in [0.2, 0.25) is 0 Å². The lowest BCUT2D eigenvalue weighted by Crippen LogP contribution is -2.15. The van der Waals surface area contributed by atoms with E-state index in [1.54, 1.807) is 0 Å². The third-order valence-corrected chi connectivity index (χ3v) is 3.81. The van der Waals surface area contributed by atoms with E-state index in [-0.39, 0.29) is 0 Å². The van der Waals surface area contributed by atoms with Crippen LogP contribution in [0.3, 0.4) is 0 Å². The second-order valence-corrected chi connectivity index (χ2v) is 5.73. The maximum Gasteiger partial charge on any atom is 0.158 e. The van der Waals surface area contributed by atoms with Crippen molar-refractivity contribution in [3.05, 3.63) is 47.7 Å². The average molecular weight is 282 g/mol. The first-order valence-corrected chi connectivity index (χ1v) is 7.37. The Kier molecular flexibility index (Phi) is 3.00. The molecule has 1 N–H and O–H groups in total. The number of hydrogen-bond donors (Lipinski definition) is 1. The van der Waals surface area contributed by atoms with Crippen LogP contribution in [-0.4, -0.2) is 20.8 Å². The Balaban J connectivity index is 1.56. The second-order valence-electron chi connectivity index (χ2n) is 5.73. The first-order chi connectivity index (χ1) is 10.3. The molecule has 1 fully saturated rings. The monoisotopic (exact) mass is 282 g/mol. The van der Waals surface area contributed by atoms with Gasteiger partial charge in [-0.2, -0.15) is 5.10 Å². The number of nitrogens with one attached hydrogen (secondary N) is 1. The number of aromatic nitrogens is 3. The van der Waals surface area contributed by atoms with Gasteiger partial charge in [-0.3, -0.25) is 0 Å². The van der Waals surface area contributed by atoms with E-state index >= 15 is 0 Å². The molecule has 0 aromatic carbocycles. The van der Waals surface area contributed by atoms with Crippen molar-refractivity contribution >= 4 is 11.0 Å². The molecular weight excluding hydrogens is 264 g/mol. The van der Waals surface area contributed by atoms with Crippen molar-refractivity contribution in [1.29, 1.82) is 0 Å². The summed E-state index contributed by atoms with van der Waals surface area (Å²) in [5.41, 5.74) is 2.11. The van der Waals surface area contributed by atoms with Gasteiger partial charge in [0, 0.05) is 24.2 Å². The topological polar surface area (TPSA) is 55.9 Å². The summed E-state index contributed by atoms with van der Waals surface area (Å²) in [5.74, 6) is 1.82. The zero-order chi connectivity index (χ0) is 14.2. The fourth-order valence-electron chi connectivity index (χ4n) is 2.50. The van der Waals surface area contributed by atoms with Crippen LogP contribution in [0.5, 0.6) is 0 Å². The van der Waals surface area contributed by atoms with Gasteiger partial charge in [-0.15, -0.1) is 0 Å². The number of nitrogens with zero attached hydrogens (tertiary/aromatic N) is 3. The summed E-state index contributed by atoms with van der Waals surface area (Å²) in [6.45, 7) is 3.45. The van der Waals surface area contributed by atoms with Crippen molar-refractivity contribution in [1.82, 2.24) is 20.1 Å². The Labute approximate surface area is 123 Å². The van der Waals surface area contributed by atoms with E-state index in [4.69, 9.17) is 4.42 Å². The molecule has 0 unspecified atom stereocenters. The molecule has 1 aliphatic carbocycles. The van der Waals surface area contributed by atoms with Crippen LogP contribution in [-0.2, 0) is 13.1 Å². The average Bonchev–Trinajstić information content (AvgIpc) is 3.11. The van der Waals surface area contributed by atoms with Gasteiger partial charge in [-0.05, 0) is 43.5 Å². The molecule has 3 aromatic heterocycles. The summed E-state index contributed by atoms with van der Waals surface area (Å²) in [5, 5.41) is 9.00. The first kappa shape index (κ1) is 12.6. The molecule has 1 aliphatic rings. The molecule has 0 aliphatic heterocycles. The molecule has 108 valence electrons. The van der Waals surface area contributed by atoms with Crippen molar-refractivity contribution in [2.75, 3.05) is 0 Å². The van der Waals surface area contributed by atoms with E-state index in [1.807, 2.05) is 36.1 Å². The van der Waals surface area contributed by atoms with Crippen molar-refractivity contribution in [2.45, 2.75) is 38.9 Å². The second kappa shape index (κ2) is 5.00. The Morgan fingerprint density at radius 3 is 3.00 bits per heavy atom. The molecule has 5 nitrogen and oxygen atoms in total. The van der Waals surface area contributed by atoms with Gasteiger partial charge in [-0.1, -0.05) is 0 Å². The number of fused-ring (bicyclic) bond motifs is 1. The van der Waals surface area contributed by atoms with Crippen LogP contribution in [0.1, 0.15) is 29.9 Å². The highest BCUT2D eigenvalue weighted by Crippen LogP contribution is 2.20. The number of hydrogen-bond acceptors (Lipinski definition) is 4. The smallest absolute Gasteiger partial charge is 0.158 e. The number of furan rings is 1. The zero-order valence-electron chi connectivity index (χ0n) is 12.0. The summed E-state index contributed by atoms with van der Waals surface area (Å²) in [6.07, 6.45) is 6.41. The van der Waals surface area contributed by atoms with Crippen LogP contribution < -0.4 is 5.32 Å². The third kappa shape index (κ3) is 2.69. The van der Waals surface area contributed by atoms with E-state index in [0.29, 0.717) is 12.6 Å². The van der Waals surface area contributed by atoms with Crippen molar-refractivity contribution in [2.24, 2.45) is 0 Å². The minimum absolute atomic E-state index is 0.615. The molecule has 0 spiro atoms. The highest BCUT2D eigenvalue weighted by atomic mass is 16.3. The van der Waals surface area contributed by atoms with Gasteiger partial charge < -0.3 is 9.73 Å². The normalized spacial score (nSPS) is 14.9. The van der Waals surface area contributed by atoms with Gasteiger partial charge in [0.1, 0.15) is 18.1 Å². The SMILES string of the molecule is Cc1ccc(Cn2ncc3cc(CNC4CC4)cnc32)o1. The highest BCUT2D eigenvalue weighted by molar-refractivity contribution is 5.75. The first-order valence-electron chi connectivity index (χ1n) is 7.37. The molecule has 0 radical (unpaired) electrons. The molecular formula is C16H18N4O. The summed E-state index contributed by atoms with van der Waals surface area (Å²) in [4.78, 5) is 4.56. The molecule has 0 saturated heterocycles. The highest BCUT2D eigenvalue weighted by Gasteiger charge is 2.20. The minimum atomic E-state index is 0.615. The number of pyridine rings is 1. The Bertz CT molecular complexity index is 770. The predicted octanol–water partition coefficient (Wildman–Crippen LogP) is 2.63. The summed E-state index contributed by atoms with van der Waals surface area (Å²) in [7, 11) is 0. The molecule has 0 amide bonds. The lowest BCUT2D eigenvalue weighted by molar-refractivity contribution is 0.462. The maximum atomic E-state index is 5.60. The minimum Gasteiger partial charge on any atom is -0.464 e. The van der Waals surface area contributed by atoms with Crippen LogP contribution in [0.2, 0.25) is 0 Å². The van der Waals surface area contributed by atoms with Gasteiger partial charge in [-0.25, -0.2) is 9.67 Å². The van der Waals surface area contributed by atoms with Gasteiger partial charge >= 0.3 is 0 Å². The Hall–Kier alpha value is -2.14. The van der Waals surface area contributed by atoms with Gasteiger partial charge in [0.05, 0.1) is 6.20 Å². The molecule has 4 rings (SSSR count).